The molecular formula is C31H28N2O4S. The largest absolute Gasteiger partial charge is 0.497 e. The molecule has 192 valence electrons. The van der Waals surface area contributed by atoms with Crippen LogP contribution in [-0.4, -0.2) is 26.0 Å². The van der Waals surface area contributed by atoms with Crippen molar-refractivity contribution in [2.45, 2.75) is 10.6 Å². The van der Waals surface area contributed by atoms with Crippen LogP contribution in [0.5, 0.6) is 11.5 Å². The number of benzene rings is 4. The smallest absolute Gasteiger partial charge is 0.272 e. The van der Waals surface area contributed by atoms with Crippen molar-refractivity contribution in [3.05, 3.63) is 126 Å². The number of hydrogen-bond donors (Lipinski definition) is 2. The first-order valence-corrected chi connectivity index (χ1v) is 12.9. The van der Waals surface area contributed by atoms with Crippen LogP contribution in [0.15, 0.2) is 114 Å². The molecule has 0 heterocycles. The van der Waals surface area contributed by atoms with E-state index in [1.165, 1.54) is 12.7 Å². The summed E-state index contributed by atoms with van der Waals surface area (Å²) >= 11 is 1.68. The average Bonchev–Trinajstić information content (AvgIpc) is 2.97. The van der Waals surface area contributed by atoms with Crippen molar-refractivity contribution in [2.75, 3.05) is 19.5 Å². The van der Waals surface area contributed by atoms with Crippen LogP contribution in [0.2, 0.25) is 0 Å². The molecule has 0 radical (unpaired) electrons. The molecule has 0 atom stereocenters. The van der Waals surface area contributed by atoms with E-state index < -0.39 is 11.8 Å². The first-order chi connectivity index (χ1) is 18.6. The maximum absolute atomic E-state index is 13.4. The number of methoxy groups -OCH3 is 2. The molecule has 2 N–H and O–H groups in total. The van der Waals surface area contributed by atoms with E-state index in [4.69, 9.17) is 9.47 Å². The van der Waals surface area contributed by atoms with Gasteiger partial charge in [-0.25, -0.2) is 0 Å². The van der Waals surface area contributed by atoms with E-state index >= 15 is 0 Å². The van der Waals surface area contributed by atoms with Gasteiger partial charge in [0.25, 0.3) is 11.8 Å². The van der Waals surface area contributed by atoms with E-state index in [1.54, 1.807) is 67.4 Å². The highest BCUT2D eigenvalue weighted by molar-refractivity contribution is 7.98. The normalized spacial score (nSPS) is 10.9. The van der Waals surface area contributed by atoms with Crippen molar-refractivity contribution in [1.29, 1.82) is 0 Å². The third kappa shape index (κ3) is 7.27. The van der Waals surface area contributed by atoms with Gasteiger partial charge in [0.1, 0.15) is 17.2 Å². The Morgan fingerprint density at radius 2 is 1.55 bits per heavy atom. The quantitative estimate of drug-likeness (QED) is 0.185. The summed E-state index contributed by atoms with van der Waals surface area (Å²) in [5.74, 6) is 1.07. The highest BCUT2D eigenvalue weighted by Crippen LogP contribution is 2.28. The van der Waals surface area contributed by atoms with Gasteiger partial charge >= 0.3 is 0 Å². The van der Waals surface area contributed by atoms with Crippen LogP contribution in [0.4, 0.5) is 5.69 Å². The SMILES string of the molecule is COc1ccc(/C=C(/NC(=O)c2ccccc2)C(=O)Nc2cccc(SCc3ccccc3)c2)c(OC)c1. The lowest BCUT2D eigenvalue weighted by Gasteiger charge is -2.13. The fourth-order valence-corrected chi connectivity index (χ4v) is 4.55. The van der Waals surface area contributed by atoms with Crippen molar-refractivity contribution in [3.8, 4) is 11.5 Å². The summed E-state index contributed by atoms with van der Waals surface area (Å²) in [6.45, 7) is 0. The molecule has 0 bridgehead atoms. The zero-order chi connectivity index (χ0) is 26.7. The van der Waals surface area contributed by atoms with Gasteiger partial charge in [-0.15, -0.1) is 11.8 Å². The third-order valence-corrected chi connectivity index (χ3v) is 6.67. The number of ether oxygens (including phenoxy) is 2. The molecule has 6 nitrogen and oxygen atoms in total. The van der Waals surface area contributed by atoms with Gasteiger partial charge in [-0.2, -0.15) is 0 Å². The van der Waals surface area contributed by atoms with Crippen molar-refractivity contribution < 1.29 is 19.1 Å². The maximum atomic E-state index is 13.4. The van der Waals surface area contributed by atoms with Crippen LogP contribution >= 0.6 is 11.8 Å². The number of amides is 2. The number of rotatable bonds is 10. The summed E-state index contributed by atoms with van der Waals surface area (Å²) < 4.78 is 10.8. The van der Waals surface area contributed by atoms with Gasteiger partial charge in [0.15, 0.2) is 0 Å². The average molecular weight is 525 g/mol. The van der Waals surface area contributed by atoms with Crippen LogP contribution in [0.3, 0.4) is 0 Å². The molecule has 0 aliphatic heterocycles. The second kappa shape index (κ2) is 13.2. The highest BCUT2D eigenvalue weighted by atomic mass is 32.2. The minimum Gasteiger partial charge on any atom is -0.497 e. The fourth-order valence-electron chi connectivity index (χ4n) is 3.64. The molecular weight excluding hydrogens is 496 g/mol. The molecule has 0 aliphatic rings. The molecule has 2 amide bonds. The van der Waals surface area contributed by atoms with Crippen molar-refractivity contribution in [1.82, 2.24) is 5.32 Å². The molecule has 0 aliphatic carbocycles. The van der Waals surface area contributed by atoms with Crippen LogP contribution in [0, 0.1) is 0 Å². The van der Waals surface area contributed by atoms with E-state index in [2.05, 4.69) is 22.8 Å². The predicted molar refractivity (Wildman–Crippen MR) is 153 cm³/mol. The van der Waals surface area contributed by atoms with Gasteiger partial charge in [0.05, 0.1) is 14.2 Å². The summed E-state index contributed by atoms with van der Waals surface area (Å²) in [5.41, 5.74) is 2.96. The second-order valence-electron chi connectivity index (χ2n) is 8.24. The van der Waals surface area contributed by atoms with Crippen LogP contribution in [-0.2, 0) is 10.5 Å². The molecule has 7 heteroatoms. The summed E-state index contributed by atoms with van der Waals surface area (Å²) in [6, 6.07) is 31.8. The van der Waals surface area contributed by atoms with E-state index in [1.807, 2.05) is 48.5 Å². The van der Waals surface area contributed by atoms with E-state index in [9.17, 15) is 9.59 Å². The standard InChI is InChI=1S/C31H28N2O4S/c1-36-26-17-16-24(29(20-26)37-2)18-28(33-30(34)23-12-7-4-8-13-23)31(35)32-25-14-9-15-27(19-25)38-21-22-10-5-3-6-11-22/h3-20H,21H2,1-2H3,(H,32,35)(H,33,34)/b28-18+. The molecule has 0 fully saturated rings. The van der Waals surface area contributed by atoms with Crippen LogP contribution < -0.4 is 20.1 Å². The van der Waals surface area contributed by atoms with Crippen molar-refractivity contribution in [2.24, 2.45) is 0 Å². The van der Waals surface area contributed by atoms with E-state index in [-0.39, 0.29) is 5.70 Å². The Labute approximate surface area is 226 Å². The Morgan fingerprint density at radius 1 is 0.816 bits per heavy atom. The van der Waals surface area contributed by atoms with Gasteiger partial charge in [0, 0.05) is 33.5 Å². The molecule has 0 spiro atoms. The topological polar surface area (TPSA) is 76.7 Å². The zero-order valence-corrected chi connectivity index (χ0v) is 22.0. The van der Waals surface area contributed by atoms with Crippen LogP contribution in [0.25, 0.3) is 6.08 Å². The number of anilines is 1. The summed E-state index contributed by atoms with van der Waals surface area (Å²) in [7, 11) is 3.10. The molecule has 38 heavy (non-hydrogen) atoms. The molecule has 0 saturated heterocycles. The van der Waals surface area contributed by atoms with Gasteiger partial charge in [-0.05, 0) is 54.1 Å². The Bertz CT molecular complexity index is 1420. The van der Waals surface area contributed by atoms with Gasteiger partial charge in [-0.1, -0.05) is 54.6 Å². The van der Waals surface area contributed by atoms with Gasteiger partial charge in [-0.3, -0.25) is 9.59 Å². The molecule has 0 saturated carbocycles. The maximum Gasteiger partial charge on any atom is 0.272 e. The number of hydrogen-bond acceptors (Lipinski definition) is 5. The molecule has 4 aromatic rings. The van der Waals surface area contributed by atoms with E-state index in [0.29, 0.717) is 28.3 Å². The minimum atomic E-state index is -0.461. The van der Waals surface area contributed by atoms with Gasteiger partial charge < -0.3 is 20.1 Å². The van der Waals surface area contributed by atoms with Gasteiger partial charge in [0.2, 0.25) is 0 Å². The molecule has 4 rings (SSSR count). The first kappa shape index (κ1) is 26.6. The lowest BCUT2D eigenvalue weighted by Crippen LogP contribution is -2.30. The Hall–Kier alpha value is -4.49. The predicted octanol–water partition coefficient (Wildman–Crippen LogP) is 6.41. The number of thioether (sulfide) groups is 1. The lowest BCUT2D eigenvalue weighted by molar-refractivity contribution is -0.113. The van der Waals surface area contributed by atoms with Crippen molar-refractivity contribution in [3.63, 3.8) is 0 Å². The first-order valence-electron chi connectivity index (χ1n) is 11.9. The zero-order valence-electron chi connectivity index (χ0n) is 21.1. The van der Waals surface area contributed by atoms with Crippen LogP contribution in [0.1, 0.15) is 21.5 Å². The minimum absolute atomic E-state index is 0.0738. The number of carbonyl (C=O) groups excluding carboxylic acids is 2. The molecule has 4 aromatic carbocycles. The Balaban J connectivity index is 1.57. The van der Waals surface area contributed by atoms with E-state index in [0.717, 1.165) is 10.6 Å². The monoisotopic (exact) mass is 524 g/mol. The Morgan fingerprint density at radius 3 is 2.26 bits per heavy atom. The summed E-state index contributed by atoms with van der Waals surface area (Å²) in [5, 5.41) is 5.68. The van der Waals surface area contributed by atoms with Crippen molar-refractivity contribution >= 4 is 35.3 Å². The Kier molecular flexibility index (Phi) is 9.21. The summed E-state index contributed by atoms with van der Waals surface area (Å²) in [4.78, 5) is 27.4. The number of nitrogens with one attached hydrogen (secondary N) is 2. The highest BCUT2D eigenvalue weighted by Gasteiger charge is 2.16. The molecule has 0 aromatic heterocycles. The summed E-state index contributed by atoms with van der Waals surface area (Å²) in [6.07, 6.45) is 1.59. The lowest BCUT2D eigenvalue weighted by atomic mass is 10.1. The third-order valence-electron chi connectivity index (χ3n) is 5.61. The second-order valence-corrected chi connectivity index (χ2v) is 9.29. The number of carbonyl (C=O) groups is 2. The molecule has 0 unspecified atom stereocenters. The fraction of sp³-hybridized carbons (Fsp3) is 0.0968.